The van der Waals surface area contributed by atoms with Crippen molar-refractivity contribution in [3.8, 4) is 22.5 Å². The molecule has 1 atom stereocenters. The van der Waals surface area contributed by atoms with Gasteiger partial charge in [-0.2, -0.15) is 0 Å². The third-order valence-electron chi connectivity index (χ3n) is 6.14. The minimum Gasteiger partial charge on any atom is -0.373 e. The first kappa shape index (κ1) is 19.5. The molecule has 3 N–H and O–H groups in total. The number of benzene rings is 1. The molecular weight excluding hydrogens is 398 g/mol. The molecule has 5 rings (SSSR count). The van der Waals surface area contributed by atoms with E-state index in [1.807, 2.05) is 35.8 Å². The number of carbonyl (C=O) groups is 2. The highest BCUT2D eigenvalue weighted by atomic mass is 16.5. The highest BCUT2D eigenvalue weighted by molar-refractivity contribution is 5.91. The Balaban J connectivity index is 1.52. The second kappa shape index (κ2) is 6.78. The molecule has 2 amide bonds. The van der Waals surface area contributed by atoms with Crippen LogP contribution in [-0.2, 0) is 10.4 Å². The Kier molecular flexibility index (Phi) is 4.26. The third-order valence-corrected chi connectivity index (χ3v) is 6.14. The summed E-state index contributed by atoms with van der Waals surface area (Å²) >= 11 is 0. The Labute approximate surface area is 178 Å². The van der Waals surface area contributed by atoms with Gasteiger partial charge in [0.1, 0.15) is 5.69 Å². The Morgan fingerprint density at radius 2 is 2.03 bits per heavy atom. The lowest BCUT2D eigenvalue weighted by Crippen LogP contribution is -2.35. The zero-order valence-corrected chi connectivity index (χ0v) is 17.3. The van der Waals surface area contributed by atoms with Gasteiger partial charge in [-0.05, 0) is 25.8 Å². The maximum absolute atomic E-state index is 12.3. The second-order valence-electron chi connectivity index (χ2n) is 8.33. The Bertz CT molecular complexity index is 1210. The summed E-state index contributed by atoms with van der Waals surface area (Å²) in [6.07, 6.45) is 2.27. The number of nitrogens with two attached hydrogens (primary N) is 1. The van der Waals surface area contributed by atoms with Gasteiger partial charge >= 0.3 is 0 Å². The van der Waals surface area contributed by atoms with Gasteiger partial charge in [-0.1, -0.05) is 23.4 Å². The van der Waals surface area contributed by atoms with E-state index in [4.69, 9.17) is 10.3 Å². The van der Waals surface area contributed by atoms with E-state index in [0.717, 1.165) is 29.7 Å². The molecule has 1 saturated carbocycles. The molecule has 0 unspecified atom stereocenters. The molecule has 1 aliphatic heterocycles. The zero-order chi connectivity index (χ0) is 21.9. The third kappa shape index (κ3) is 3.04. The van der Waals surface area contributed by atoms with Gasteiger partial charge in [0, 0.05) is 48.9 Å². The number of likely N-dealkylation sites (N-methyl/N-ethyl adjacent to an activating group) is 1. The lowest BCUT2D eigenvalue weighted by Gasteiger charge is -2.16. The quantitative estimate of drug-likeness (QED) is 0.649. The van der Waals surface area contributed by atoms with Crippen molar-refractivity contribution in [2.45, 2.75) is 37.8 Å². The van der Waals surface area contributed by atoms with Gasteiger partial charge in [0.05, 0.1) is 5.69 Å². The van der Waals surface area contributed by atoms with E-state index < -0.39 is 17.4 Å². The molecule has 2 aromatic heterocycles. The monoisotopic (exact) mass is 421 g/mol. The standard InChI is InChI=1S/C22H23N5O4/c1-12-18(24-20(19(23)28)27(12)15-6-7-15)14-5-3-4-13(10-14)16-11-17(31-25-16)22(30)8-9-26(2)21(22)29/h3-5,10-11,15,30H,6-9H2,1-2H3,(H2,23,28)/t22-/m1/s1. The van der Waals surface area contributed by atoms with Gasteiger partial charge in [0.15, 0.2) is 11.6 Å². The van der Waals surface area contributed by atoms with E-state index >= 15 is 0 Å². The van der Waals surface area contributed by atoms with Crippen LogP contribution in [0, 0.1) is 6.92 Å². The normalized spacial score (nSPS) is 21.1. The Morgan fingerprint density at radius 1 is 1.29 bits per heavy atom. The number of primary amides is 1. The molecule has 1 aliphatic carbocycles. The van der Waals surface area contributed by atoms with Crippen molar-refractivity contribution < 1.29 is 19.2 Å². The van der Waals surface area contributed by atoms with Crippen LogP contribution in [0.1, 0.15) is 47.4 Å². The molecule has 2 aliphatic rings. The molecule has 0 radical (unpaired) electrons. The fourth-order valence-electron chi connectivity index (χ4n) is 4.25. The Morgan fingerprint density at radius 3 is 2.68 bits per heavy atom. The summed E-state index contributed by atoms with van der Waals surface area (Å²) in [7, 11) is 1.64. The first-order valence-electron chi connectivity index (χ1n) is 10.2. The van der Waals surface area contributed by atoms with E-state index in [-0.39, 0.29) is 24.0 Å². The van der Waals surface area contributed by atoms with Gasteiger partial charge in [-0.3, -0.25) is 9.59 Å². The number of aliphatic hydroxyl groups is 1. The topological polar surface area (TPSA) is 127 Å². The summed E-state index contributed by atoms with van der Waals surface area (Å²) in [4.78, 5) is 30.2. The number of nitrogens with zero attached hydrogens (tertiary/aromatic N) is 4. The first-order valence-corrected chi connectivity index (χ1v) is 10.2. The fraction of sp³-hybridized carbons (Fsp3) is 0.364. The lowest BCUT2D eigenvalue weighted by atomic mass is 9.97. The molecule has 1 saturated heterocycles. The van der Waals surface area contributed by atoms with E-state index in [1.54, 1.807) is 13.1 Å². The van der Waals surface area contributed by atoms with Crippen LogP contribution in [0.2, 0.25) is 0 Å². The van der Waals surface area contributed by atoms with Gasteiger partial charge in [0.2, 0.25) is 5.60 Å². The van der Waals surface area contributed by atoms with Gasteiger partial charge in [-0.15, -0.1) is 0 Å². The summed E-state index contributed by atoms with van der Waals surface area (Å²) in [5.41, 5.74) is 7.52. The Hall–Kier alpha value is -3.46. The predicted molar refractivity (Wildman–Crippen MR) is 111 cm³/mol. The number of hydrogen-bond donors (Lipinski definition) is 2. The number of hydrogen-bond acceptors (Lipinski definition) is 6. The maximum Gasteiger partial charge on any atom is 0.284 e. The zero-order valence-electron chi connectivity index (χ0n) is 17.3. The molecule has 3 heterocycles. The van der Waals surface area contributed by atoms with Gasteiger partial charge < -0.3 is 24.8 Å². The van der Waals surface area contributed by atoms with Crippen LogP contribution in [0.25, 0.3) is 22.5 Å². The van der Waals surface area contributed by atoms with Crippen molar-refractivity contribution in [2.75, 3.05) is 13.6 Å². The highest BCUT2D eigenvalue weighted by Gasteiger charge is 2.48. The maximum atomic E-state index is 12.3. The highest BCUT2D eigenvalue weighted by Crippen LogP contribution is 2.40. The summed E-state index contributed by atoms with van der Waals surface area (Å²) < 4.78 is 7.29. The van der Waals surface area contributed by atoms with Crippen molar-refractivity contribution in [2.24, 2.45) is 5.73 Å². The van der Waals surface area contributed by atoms with Crippen LogP contribution in [0.15, 0.2) is 34.9 Å². The molecule has 31 heavy (non-hydrogen) atoms. The molecule has 9 nitrogen and oxygen atoms in total. The number of imidazole rings is 1. The molecule has 1 aromatic carbocycles. The van der Waals surface area contributed by atoms with Crippen LogP contribution < -0.4 is 5.73 Å². The minimum absolute atomic E-state index is 0.132. The minimum atomic E-state index is -1.69. The van der Waals surface area contributed by atoms with Crippen LogP contribution >= 0.6 is 0 Å². The van der Waals surface area contributed by atoms with Gasteiger partial charge in [0.25, 0.3) is 11.8 Å². The van der Waals surface area contributed by atoms with Crippen molar-refractivity contribution in [1.29, 1.82) is 0 Å². The van der Waals surface area contributed by atoms with E-state index in [9.17, 15) is 14.7 Å². The molecule has 160 valence electrons. The SMILES string of the molecule is Cc1c(-c2cccc(-c3cc([C@]4(O)CCN(C)C4=O)on3)c2)nc(C(N)=O)n1C1CC1. The average molecular weight is 421 g/mol. The molecule has 0 spiro atoms. The van der Waals surface area contributed by atoms with Crippen molar-refractivity contribution >= 4 is 11.8 Å². The lowest BCUT2D eigenvalue weighted by molar-refractivity contribution is -0.144. The van der Waals surface area contributed by atoms with Crippen LogP contribution in [-0.4, -0.2) is 50.1 Å². The number of amides is 2. The molecular formula is C22H23N5O4. The van der Waals surface area contributed by atoms with E-state index in [2.05, 4.69) is 10.1 Å². The largest absolute Gasteiger partial charge is 0.373 e. The van der Waals surface area contributed by atoms with Crippen LogP contribution in [0.3, 0.4) is 0 Å². The molecule has 9 heteroatoms. The van der Waals surface area contributed by atoms with Crippen molar-refractivity contribution in [3.63, 3.8) is 0 Å². The summed E-state index contributed by atoms with van der Waals surface area (Å²) in [6.45, 7) is 2.39. The first-order chi connectivity index (χ1) is 14.8. The number of carbonyl (C=O) groups excluding carboxylic acids is 2. The fourth-order valence-corrected chi connectivity index (χ4v) is 4.25. The number of aromatic nitrogens is 3. The number of rotatable bonds is 5. The van der Waals surface area contributed by atoms with Crippen molar-refractivity contribution in [3.05, 3.63) is 47.6 Å². The molecule has 3 aromatic rings. The summed E-state index contributed by atoms with van der Waals surface area (Å²) in [5, 5.41) is 14.9. The van der Waals surface area contributed by atoms with Crippen LogP contribution in [0.5, 0.6) is 0 Å². The predicted octanol–water partition coefficient (Wildman–Crippen LogP) is 2.00. The van der Waals surface area contributed by atoms with Crippen molar-refractivity contribution in [1.82, 2.24) is 19.6 Å². The van der Waals surface area contributed by atoms with E-state index in [1.165, 1.54) is 4.90 Å². The summed E-state index contributed by atoms with van der Waals surface area (Å²) in [6, 6.07) is 9.40. The summed E-state index contributed by atoms with van der Waals surface area (Å²) in [5.74, 6) is -0.537. The smallest absolute Gasteiger partial charge is 0.284 e. The van der Waals surface area contributed by atoms with Gasteiger partial charge in [-0.25, -0.2) is 4.98 Å². The number of likely N-dealkylation sites (tertiary alicyclic amines) is 1. The van der Waals surface area contributed by atoms with E-state index in [0.29, 0.717) is 17.9 Å². The van der Waals surface area contributed by atoms with Crippen LogP contribution in [0.4, 0.5) is 0 Å². The average Bonchev–Trinajstić information content (AvgIpc) is 3.24. The molecule has 2 fully saturated rings. The second-order valence-corrected chi connectivity index (χ2v) is 8.33. The molecule has 0 bridgehead atoms.